The molecule has 0 aliphatic heterocycles. The van der Waals surface area contributed by atoms with Crippen molar-refractivity contribution in [2.75, 3.05) is 0 Å². The van der Waals surface area contributed by atoms with Crippen LogP contribution < -0.4 is 0 Å². The van der Waals surface area contributed by atoms with Gasteiger partial charge in [-0.25, -0.2) is 9.97 Å². The molecule has 0 saturated carbocycles. The lowest BCUT2D eigenvalue weighted by molar-refractivity contribution is 0.575. The van der Waals surface area contributed by atoms with E-state index in [-0.39, 0.29) is 0 Å². The Kier molecular flexibility index (Phi) is 5.25. The van der Waals surface area contributed by atoms with Crippen LogP contribution >= 0.6 is 34.8 Å². The van der Waals surface area contributed by atoms with Gasteiger partial charge in [0.2, 0.25) is 0 Å². The summed E-state index contributed by atoms with van der Waals surface area (Å²) in [6.45, 7) is 4.32. The topological polar surface area (TPSA) is 25.8 Å². The first kappa shape index (κ1) is 15.6. The maximum Gasteiger partial charge on any atom is 0.142 e. The molecule has 2 aromatic rings. The molecule has 1 aromatic carbocycles. The van der Waals surface area contributed by atoms with Gasteiger partial charge in [0.25, 0.3) is 0 Å². The fourth-order valence-corrected chi connectivity index (χ4v) is 2.60. The van der Waals surface area contributed by atoms with E-state index in [4.69, 9.17) is 34.8 Å². The Labute approximate surface area is 134 Å². The Morgan fingerprint density at radius 1 is 0.950 bits per heavy atom. The number of rotatable bonds is 4. The average molecular weight is 330 g/mol. The normalized spacial score (nSPS) is 11.1. The summed E-state index contributed by atoms with van der Waals surface area (Å²) in [7, 11) is 0. The van der Waals surface area contributed by atoms with Crippen LogP contribution in [-0.2, 0) is 6.42 Å². The van der Waals surface area contributed by atoms with E-state index in [1.807, 2.05) is 12.1 Å². The van der Waals surface area contributed by atoms with Crippen LogP contribution in [0.2, 0.25) is 15.3 Å². The van der Waals surface area contributed by atoms with Gasteiger partial charge in [-0.05, 0) is 30.0 Å². The van der Waals surface area contributed by atoms with Crippen LogP contribution in [0.5, 0.6) is 0 Å². The number of hydrogen-bond donors (Lipinski definition) is 0. The van der Waals surface area contributed by atoms with Crippen LogP contribution in [-0.4, -0.2) is 9.97 Å². The first-order valence-electron chi connectivity index (χ1n) is 6.45. The van der Waals surface area contributed by atoms with Crippen LogP contribution in [0, 0.1) is 5.92 Å². The van der Waals surface area contributed by atoms with E-state index >= 15 is 0 Å². The molecule has 0 aliphatic rings. The van der Waals surface area contributed by atoms with Gasteiger partial charge in [-0.15, -0.1) is 0 Å². The van der Waals surface area contributed by atoms with E-state index in [1.54, 1.807) is 12.1 Å². The standard InChI is InChI=1S/C15H15Cl3N2/c1-9(2)3-8-12-19-14(17)13(15(18)20-12)10-4-6-11(16)7-5-10/h4-7,9H,3,8H2,1-2H3. The molecule has 0 aliphatic carbocycles. The minimum absolute atomic E-state index is 0.381. The molecule has 2 rings (SSSR count). The van der Waals surface area contributed by atoms with Gasteiger partial charge in [0.05, 0.1) is 5.56 Å². The van der Waals surface area contributed by atoms with E-state index in [9.17, 15) is 0 Å². The largest absolute Gasteiger partial charge is 0.220 e. The van der Waals surface area contributed by atoms with E-state index in [0.717, 1.165) is 18.4 Å². The van der Waals surface area contributed by atoms with Crippen molar-refractivity contribution in [1.29, 1.82) is 0 Å². The zero-order valence-electron chi connectivity index (χ0n) is 11.3. The lowest BCUT2D eigenvalue weighted by Crippen LogP contribution is -2.01. The fraction of sp³-hybridized carbons (Fsp3) is 0.333. The highest BCUT2D eigenvalue weighted by atomic mass is 35.5. The number of aromatic nitrogens is 2. The molecule has 5 heteroatoms. The maximum atomic E-state index is 6.26. The van der Waals surface area contributed by atoms with Crippen molar-refractivity contribution < 1.29 is 0 Å². The van der Waals surface area contributed by atoms with Crippen molar-refractivity contribution in [2.24, 2.45) is 5.92 Å². The molecule has 0 N–H and O–H groups in total. The van der Waals surface area contributed by atoms with Gasteiger partial charge in [0.1, 0.15) is 16.1 Å². The lowest BCUT2D eigenvalue weighted by atomic mass is 10.1. The first-order chi connectivity index (χ1) is 9.47. The van der Waals surface area contributed by atoms with Gasteiger partial charge in [-0.1, -0.05) is 60.8 Å². The monoisotopic (exact) mass is 328 g/mol. The second kappa shape index (κ2) is 6.75. The predicted octanol–water partition coefficient (Wildman–Crippen LogP) is 5.69. The van der Waals surface area contributed by atoms with Gasteiger partial charge in [-0.3, -0.25) is 0 Å². The molecule has 0 unspecified atom stereocenters. The zero-order valence-corrected chi connectivity index (χ0v) is 13.6. The van der Waals surface area contributed by atoms with Crippen LogP contribution in [0.15, 0.2) is 24.3 Å². The van der Waals surface area contributed by atoms with Crippen molar-refractivity contribution in [3.05, 3.63) is 45.4 Å². The van der Waals surface area contributed by atoms with Gasteiger partial charge >= 0.3 is 0 Å². The van der Waals surface area contributed by atoms with E-state index < -0.39 is 0 Å². The number of hydrogen-bond acceptors (Lipinski definition) is 2. The van der Waals surface area contributed by atoms with Crippen LogP contribution in [0.25, 0.3) is 11.1 Å². The average Bonchev–Trinajstić information content (AvgIpc) is 2.38. The molecule has 0 bridgehead atoms. The van der Waals surface area contributed by atoms with Gasteiger partial charge in [0.15, 0.2) is 0 Å². The van der Waals surface area contributed by atoms with Crippen molar-refractivity contribution >= 4 is 34.8 Å². The van der Waals surface area contributed by atoms with Gasteiger partial charge < -0.3 is 0 Å². The Bertz CT molecular complexity index is 572. The van der Waals surface area contributed by atoms with E-state index in [2.05, 4.69) is 23.8 Å². The molecule has 0 spiro atoms. The molecule has 0 fully saturated rings. The van der Waals surface area contributed by atoms with Crippen LogP contribution in [0.1, 0.15) is 26.1 Å². The molecule has 0 saturated heterocycles. The zero-order chi connectivity index (χ0) is 14.7. The number of aryl methyl sites for hydroxylation is 1. The molecule has 0 amide bonds. The summed E-state index contributed by atoms with van der Waals surface area (Å²) in [4.78, 5) is 8.68. The molecule has 0 radical (unpaired) electrons. The molecule has 106 valence electrons. The summed E-state index contributed by atoms with van der Waals surface area (Å²) in [5.74, 6) is 1.28. The van der Waals surface area contributed by atoms with Crippen molar-refractivity contribution in [2.45, 2.75) is 26.7 Å². The molecule has 20 heavy (non-hydrogen) atoms. The van der Waals surface area contributed by atoms with Gasteiger partial charge in [-0.2, -0.15) is 0 Å². The predicted molar refractivity (Wildman–Crippen MR) is 85.7 cm³/mol. The molecule has 1 aromatic heterocycles. The van der Waals surface area contributed by atoms with Crippen molar-refractivity contribution in [3.8, 4) is 11.1 Å². The SMILES string of the molecule is CC(C)CCc1nc(Cl)c(-c2ccc(Cl)cc2)c(Cl)n1. The summed E-state index contributed by atoms with van der Waals surface area (Å²) in [6.07, 6.45) is 1.78. The highest BCUT2D eigenvalue weighted by molar-refractivity contribution is 6.37. The van der Waals surface area contributed by atoms with Crippen molar-refractivity contribution in [3.63, 3.8) is 0 Å². The molecular weight excluding hydrogens is 315 g/mol. The second-order valence-corrected chi connectivity index (χ2v) is 6.19. The highest BCUT2D eigenvalue weighted by Crippen LogP contribution is 2.33. The number of benzene rings is 1. The van der Waals surface area contributed by atoms with E-state index in [0.29, 0.717) is 32.6 Å². The number of halogens is 3. The van der Waals surface area contributed by atoms with Crippen LogP contribution in [0.4, 0.5) is 0 Å². The summed E-state index contributed by atoms with van der Waals surface area (Å²) in [5, 5.41) is 1.42. The second-order valence-electron chi connectivity index (χ2n) is 5.04. The Morgan fingerprint density at radius 2 is 1.50 bits per heavy atom. The Hall–Kier alpha value is -0.830. The first-order valence-corrected chi connectivity index (χ1v) is 7.58. The van der Waals surface area contributed by atoms with E-state index in [1.165, 1.54) is 0 Å². The summed E-state index contributed by atoms with van der Waals surface area (Å²) in [5.41, 5.74) is 1.51. The molecular formula is C15H15Cl3N2. The summed E-state index contributed by atoms with van der Waals surface area (Å²) in [6, 6.07) is 7.28. The Morgan fingerprint density at radius 3 is 2.00 bits per heavy atom. The number of nitrogens with zero attached hydrogens (tertiary/aromatic N) is 2. The van der Waals surface area contributed by atoms with Crippen LogP contribution in [0.3, 0.4) is 0 Å². The molecule has 0 atom stereocenters. The maximum absolute atomic E-state index is 6.26. The smallest absolute Gasteiger partial charge is 0.142 e. The third-order valence-electron chi connectivity index (χ3n) is 2.95. The van der Waals surface area contributed by atoms with Gasteiger partial charge in [0, 0.05) is 11.4 Å². The fourth-order valence-electron chi connectivity index (χ4n) is 1.83. The lowest BCUT2D eigenvalue weighted by Gasteiger charge is -2.09. The third kappa shape index (κ3) is 3.85. The minimum Gasteiger partial charge on any atom is -0.220 e. The minimum atomic E-state index is 0.381. The third-order valence-corrected chi connectivity index (χ3v) is 3.74. The van der Waals surface area contributed by atoms with Crippen molar-refractivity contribution in [1.82, 2.24) is 9.97 Å². The highest BCUT2D eigenvalue weighted by Gasteiger charge is 2.13. The Balaban J connectivity index is 2.33. The quantitative estimate of drug-likeness (QED) is 0.673. The molecule has 1 heterocycles. The summed E-state index contributed by atoms with van der Waals surface area (Å²) >= 11 is 18.4. The summed E-state index contributed by atoms with van der Waals surface area (Å²) < 4.78 is 0. The molecule has 2 nitrogen and oxygen atoms in total.